The first-order chi connectivity index (χ1) is 7.57. The summed E-state index contributed by atoms with van der Waals surface area (Å²) < 4.78 is 36.3. The Bertz CT molecular complexity index is 318. The van der Waals surface area contributed by atoms with Crippen molar-refractivity contribution in [2.24, 2.45) is 5.73 Å². The van der Waals surface area contributed by atoms with Crippen LogP contribution in [0.4, 0.5) is 0 Å². The summed E-state index contributed by atoms with van der Waals surface area (Å²) in [6.45, 7) is -0.470. The summed E-state index contributed by atoms with van der Waals surface area (Å²) in [5.41, 5.74) is 5.26. The minimum Gasteiger partial charge on any atom is -1.00 e. The van der Waals surface area contributed by atoms with Gasteiger partial charge in [0.25, 0.3) is 0 Å². The first-order valence-electron chi connectivity index (χ1n) is 4.34. The summed E-state index contributed by atoms with van der Waals surface area (Å²) in [5, 5.41) is 36.1. The molecule has 13 heteroatoms. The fourth-order valence-electron chi connectivity index (χ4n) is 1.12. The first-order valence-corrected chi connectivity index (χ1v) is 5.73. The summed E-state index contributed by atoms with van der Waals surface area (Å²) in [4.78, 5) is 0. The summed E-state index contributed by atoms with van der Waals surface area (Å²) in [7, 11) is -4.67. The molecular weight excluding hydrogens is 337 g/mol. The van der Waals surface area contributed by atoms with Crippen molar-refractivity contribution >= 4 is 10.4 Å². The molecule has 0 amide bonds. The van der Waals surface area contributed by atoms with E-state index in [4.69, 9.17) is 38.2 Å². The molecule has 0 aromatic heterocycles. The van der Waals surface area contributed by atoms with Crippen molar-refractivity contribution in [3.8, 4) is 0 Å². The van der Waals surface area contributed by atoms with Crippen molar-refractivity contribution in [1.29, 1.82) is 0 Å². The number of halogens is 1. The maximum atomic E-state index is 9.20. The summed E-state index contributed by atoms with van der Waals surface area (Å²) in [6.07, 6.45) is -4.85. The zero-order valence-corrected chi connectivity index (χ0v) is 14.6. The molecule has 19 heavy (non-hydrogen) atoms. The molecule has 1 aliphatic heterocycles. The van der Waals surface area contributed by atoms with Crippen molar-refractivity contribution in [2.45, 2.75) is 30.6 Å². The molecule has 0 bridgehead atoms. The minimum atomic E-state index is -4.67. The van der Waals surface area contributed by atoms with Gasteiger partial charge in [0.05, 0.1) is 12.6 Å². The van der Waals surface area contributed by atoms with Gasteiger partial charge in [0.15, 0.2) is 6.29 Å². The Kier molecular flexibility index (Phi) is 15.0. The Morgan fingerprint density at radius 3 is 1.79 bits per heavy atom. The largest absolute Gasteiger partial charge is 1.00 e. The standard InChI is InChI=1S/C6H13NO5.ClH.K.H2O4S/c7-3-5(10)4(9)2(1-8)12-6(3)11;;;1-5(2,3)4/h2-6,8-11H,1,7H2;1H;;(H2,1,2,3,4)/q;;+1;/p-1. The van der Waals surface area contributed by atoms with E-state index in [1.807, 2.05) is 0 Å². The molecule has 1 heterocycles. The molecule has 1 rings (SSSR count). The summed E-state index contributed by atoms with van der Waals surface area (Å²) >= 11 is 0. The maximum absolute atomic E-state index is 9.20. The molecule has 0 saturated carbocycles. The van der Waals surface area contributed by atoms with E-state index in [2.05, 4.69) is 0 Å². The number of ether oxygens (including phenoxy) is 1. The van der Waals surface area contributed by atoms with Crippen LogP contribution in [0, 0.1) is 0 Å². The third-order valence-electron chi connectivity index (χ3n) is 1.95. The van der Waals surface area contributed by atoms with Gasteiger partial charge in [-0.15, -0.1) is 0 Å². The third-order valence-corrected chi connectivity index (χ3v) is 1.95. The van der Waals surface area contributed by atoms with E-state index < -0.39 is 47.6 Å². The van der Waals surface area contributed by atoms with Gasteiger partial charge in [-0.05, 0) is 0 Å². The summed E-state index contributed by atoms with van der Waals surface area (Å²) in [6, 6.07) is -1.04. The molecule has 0 aromatic rings. The second-order valence-electron chi connectivity index (χ2n) is 3.25. The zero-order valence-electron chi connectivity index (χ0n) is 9.87. The first kappa shape index (κ1) is 25.5. The Hall–Kier alpha value is 1.56. The van der Waals surface area contributed by atoms with Crippen LogP contribution in [0.2, 0.25) is 0 Å². The van der Waals surface area contributed by atoms with Crippen LogP contribution in [0.3, 0.4) is 0 Å². The van der Waals surface area contributed by atoms with E-state index in [1.165, 1.54) is 0 Å². The third kappa shape index (κ3) is 10.9. The van der Waals surface area contributed by atoms with Gasteiger partial charge in [-0.2, -0.15) is 8.42 Å². The molecule has 8 N–H and O–H groups in total. The van der Waals surface area contributed by atoms with Crippen LogP contribution in [-0.4, -0.2) is 75.2 Å². The second kappa shape index (κ2) is 11.2. The molecule has 112 valence electrons. The molecule has 1 aliphatic rings. The molecule has 1 fully saturated rings. The Balaban J connectivity index is -0.000000320. The van der Waals surface area contributed by atoms with Crippen molar-refractivity contribution in [3.05, 3.63) is 0 Å². The normalized spacial score (nSPS) is 34.2. The number of hydrogen-bond donors (Lipinski definition) is 7. The average molecular weight is 352 g/mol. The van der Waals surface area contributed by atoms with Crippen LogP contribution in [0.1, 0.15) is 0 Å². The molecule has 0 radical (unpaired) electrons. The number of hydrogen-bond acceptors (Lipinski definition) is 8. The molecule has 5 unspecified atom stereocenters. The van der Waals surface area contributed by atoms with E-state index in [0.717, 1.165) is 0 Å². The number of aliphatic hydroxyl groups is 4. The van der Waals surface area contributed by atoms with Crippen molar-refractivity contribution < 1.29 is 106 Å². The monoisotopic (exact) mass is 351 g/mol. The van der Waals surface area contributed by atoms with Crippen molar-refractivity contribution in [2.75, 3.05) is 6.61 Å². The van der Waals surface area contributed by atoms with E-state index >= 15 is 0 Å². The van der Waals surface area contributed by atoms with Crippen LogP contribution in [-0.2, 0) is 15.1 Å². The van der Waals surface area contributed by atoms with E-state index in [0.29, 0.717) is 0 Å². The van der Waals surface area contributed by atoms with E-state index in [9.17, 15) is 10.2 Å². The predicted octanol–water partition coefficient (Wildman–Crippen LogP) is -9.90. The van der Waals surface area contributed by atoms with Crippen LogP contribution >= 0.6 is 0 Å². The fourth-order valence-corrected chi connectivity index (χ4v) is 1.12. The van der Waals surface area contributed by atoms with E-state index in [1.54, 1.807) is 0 Å². The predicted molar refractivity (Wildman–Crippen MR) is 52.1 cm³/mol. The number of aliphatic hydroxyl groups excluding tert-OH is 4. The number of rotatable bonds is 1. The van der Waals surface area contributed by atoms with Crippen molar-refractivity contribution in [1.82, 2.24) is 0 Å². The van der Waals surface area contributed by atoms with Gasteiger partial charge in [0.2, 0.25) is 0 Å². The SMILES string of the molecule is NC1C(O)OC(CO)C(O)C1O.O=S(=O)(O)O.[Cl-].[K+]. The van der Waals surface area contributed by atoms with Gasteiger partial charge in [-0.3, -0.25) is 9.11 Å². The maximum Gasteiger partial charge on any atom is 1.00 e. The van der Waals surface area contributed by atoms with Gasteiger partial charge in [0.1, 0.15) is 18.3 Å². The molecular formula is C6H15ClKNO9S. The Morgan fingerprint density at radius 1 is 1.11 bits per heavy atom. The van der Waals surface area contributed by atoms with Gasteiger partial charge < -0.3 is 43.3 Å². The van der Waals surface area contributed by atoms with Gasteiger partial charge in [0, 0.05) is 0 Å². The van der Waals surface area contributed by atoms with Crippen LogP contribution in [0.15, 0.2) is 0 Å². The van der Waals surface area contributed by atoms with Gasteiger partial charge >= 0.3 is 61.8 Å². The smallest absolute Gasteiger partial charge is 1.00 e. The fraction of sp³-hybridized carbons (Fsp3) is 1.00. The summed E-state index contributed by atoms with van der Waals surface area (Å²) in [5.74, 6) is 0. The molecule has 0 spiro atoms. The van der Waals surface area contributed by atoms with Crippen LogP contribution in [0.25, 0.3) is 0 Å². The van der Waals surface area contributed by atoms with Gasteiger partial charge in [-0.25, -0.2) is 0 Å². The zero-order chi connectivity index (χ0) is 13.8. The Morgan fingerprint density at radius 2 is 1.47 bits per heavy atom. The van der Waals surface area contributed by atoms with Crippen molar-refractivity contribution in [3.63, 3.8) is 0 Å². The van der Waals surface area contributed by atoms with E-state index in [-0.39, 0.29) is 63.8 Å². The second-order valence-corrected chi connectivity index (χ2v) is 4.15. The number of nitrogens with two attached hydrogens (primary N) is 1. The molecule has 0 aliphatic carbocycles. The quantitative estimate of drug-likeness (QED) is 0.176. The van der Waals surface area contributed by atoms with Crippen LogP contribution < -0.4 is 69.5 Å². The minimum absolute atomic E-state index is 0. The molecule has 0 aromatic carbocycles. The van der Waals surface area contributed by atoms with Gasteiger partial charge in [-0.1, -0.05) is 0 Å². The molecule has 5 atom stereocenters. The van der Waals surface area contributed by atoms with Crippen LogP contribution in [0.5, 0.6) is 0 Å². The topological polar surface area (TPSA) is 191 Å². The molecule has 10 nitrogen and oxygen atoms in total. The average Bonchev–Trinajstić information content (AvgIpc) is 2.18. The molecule has 1 saturated heterocycles. The Labute approximate surface area is 158 Å².